The third-order valence-electron chi connectivity index (χ3n) is 5.40. The first-order valence-corrected chi connectivity index (χ1v) is 10.6. The maximum absolute atomic E-state index is 13.1. The van der Waals surface area contributed by atoms with Crippen molar-refractivity contribution in [2.24, 2.45) is 5.92 Å². The van der Waals surface area contributed by atoms with E-state index in [1.54, 1.807) is 11.8 Å². The van der Waals surface area contributed by atoms with Crippen LogP contribution in [-0.2, 0) is 0 Å². The second kappa shape index (κ2) is 8.17. The standard InChI is InChI=1S/C22H26N2OS/c25-22(23-16-17-10-4-2-1-3-5-11-17)24-18-12-6-8-14-20(18)26-21-15-9-7-13-19(21)24/h6-9,12-15,17H,1-5,10-11,16H2,(H,23,25). The van der Waals surface area contributed by atoms with Crippen LogP contribution in [0.2, 0.25) is 0 Å². The van der Waals surface area contributed by atoms with Crippen LogP contribution in [-0.4, -0.2) is 12.6 Å². The quantitative estimate of drug-likeness (QED) is 0.671. The third kappa shape index (κ3) is 3.75. The van der Waals surface area contributed by atoms with Crippen molar-refractivity contribution in [2.75, 3.05) is 11.4 Å². The predicted octanol–water partition coefficient (Wildman–Crippen LogP) is 6.36. The van der Waals surface area contributed by atoms with Crippen LogP contribution < -0.4 is 10.2 Å². The van der Waals surface area contributed by atoms with Gasteiger partial charge in [0.1, 0.15) is 0 Å². The first kappa shape index (κ1) is 17.5. The number of amides is 2. The van der Waals surface area contributed by atoms with Gasteiger partial charge >= 0.3 is 6.03 Å². The number of nitrogens with one attached hydrogen (secondary N) is 1. The van der Waals surface area contributed by atoms with Crippen LogP contribution in [0.25, 0.3) is 0 Å². The normalized spacial score (nSPS) is 17.6. The highest BCUT2D eigenvalue weighted by Crippen LogP contribution is 2.47. The maximum Gasteiger partial charge on any atom is 0.326 e. The Hall–Kier alpha value is -1.94. The summed E-state index contributed by atoms with van der Waals surface area (Å²) in [6.45, 7) is 0.785. The molecule has 0 unspecified atom stereocenters. The monoisotopic (exact) mass is 366 g/mol. The third-order valence-corrected chi connectivity index (χ3v) is 6.53. The zero-order valence-electron chi connectivity index (χ0n) is 15.1. The van der Waals surface area contributed by atoms with E-state index < -0.39 is 0 Å². The van der Waals surface area contributed by atoms with Crippen molar-refractivity contribution in [1.29, 1.82) is 0 Å². The van der Waals surface area contributed by atoms with E-state index in [2.05, 4.69) is 17.4 Å². The van der Waals surface area contributed by atoms with E-state index in [4.69, 9.17) is 0 Å². The predicted molar refractivity (Wildman–Crippen MR) is 108 cm³/mol. The summed E-state index contributed by atoms with van der Waals surface area (Å²) in [5.74, 6) is 0.615. The molecule has 0 spiro atoms. The van der Waals surface area contributed by atoms with Gasteiger partial charge in [-0.25, -0.2) is 4.79 Å². The average molecular weight is 367 g/mol. The molecule has 1 aliphatic carbocycles. The number of hydrogen-bond acceptors (Lipinski definition) is 2. The molecule has 2 aromatic carbocycles. The molecule has 26 heavy (non-hydrogen) atoms. The summed E-state index contributed by atoms with van der Waals surface area (Å²) in [6, 6.07) is 16.3. The molecule has 2 aliphatic rings. The van der Waals surface area contributed by atoms with E-state index in [0.29, 0.717) is 5.92 Å². The van der Waals surface area contributed by atoms with Crippen LogP contribution in [0.4, 0.5) is 16.2 Å². The summed E-state index contributed by atoms with van der Waals surface area (Å²) in [6.07, 6.45) is 9.13. The maximum atomic E-state index is 13.1. The zero-order chi connectivity index (χ0) is 17.8. The second-order valence-corrected chi connectivity index (χ2v) is 8.35. The number of benzene rings is 2. The van der Waals surface area contributed by atoms with Gasteiger partial charge in [-0.3, -0.25) is 4.90 Å². The van der Waals surface area contributed by atoms with Crippen molar-refractivity contribution in [1.82, 2.24) is 5.32 Å². The number of urea groups is 1. The Bertz CT molecular complexity index is 723. The summed E-state index contributed by atoms with van der Waals surface area (Å²) in [7, 11) is 0. The highest BCUT2D eigenvalue weighted by atomic mass is 32.2. The minimum Gasteiger partial charge on any atom is -0.337 e. The van der Waals surface area contributed by atoms with Crippen molar-refractivity contribution in [3.63, 3.8) is 0 Å². The minimum absolute atomic E-state index is 0.00717. The lowest BCUT2D eigenvalue weighted by Crippen LogP contribution is -2.40. The zero-order valence-corrected chi connectivity index (χ0v) is 15.9. The van der Waals surface area contributed by atoms with Gasteiger partial charge in [0.05, 0.1) is 11.4 Å². The fourth-order valence-corrected chi connectivity index (χ4v) is 5.04. The van der Waals surface area contributed by atoms with Crippen molar-refractivity contribution >= 4 is 29.2 Å². The topological polar surface area (TPSA) is 32.3 Å². The fourth-order valence-electron chi connectivity index (χ4n) is 3.98. The molecular weight excluding hydrogens is 340 g/mol. The number of fused-ring (bicyclic) bond motifs is 2. The van der Waals surface area contributed by atoms with E-state index in [-0.39, 0.29) is 6.03 Å². The molecule has 1 saturated carbocycles. The Balaban J connectivity index is 1.52. The molecule has 1 N–H and O–H groups in total. The highest BCUT2D eigenvalue weighted by molar-refractivity contribution is 7.99. The van der Waals surface area contributed by atoms with Crippen LogP contribution in [0.5, 0.6) is 0 Å². The molecule has 2 amide bonds. The van der Waals surface area contributed by atoms with Crippen LogP contribution in [0, 0.1) is 5.92 Å². The molecule has 1 fully saturated rings. The van der Waals surface area contributed by atoms with Crippen molar-refractivity contribution in [3.8, 4) is 0 Å². The summed E-state index contributed by atoms with van der Waals surface area (Å²) in [5, 5.41) is 3.23. The largest absolute Gasteiger partial charge is 0.337 e. The minimum atomic E-state index is -0.00717. The Kier molecular flexibility index (Phi) is 5.49. The summed E-state index contributed by atoms with van der Waals surface area (Å²) < 4.78 is 0. The van der Waals surface area contributed by atoms with Gasteiger partial charge in [-0.1, -0.05) is 68.1 Å². The molecule has 1 aliphatic heterocycles. The molecule has 0 radical (unpaired) electrons. The van der Waals surface area contributed by atoms with Crippen LogP contribution in [0.15, 0.2) is 58.3 Å². The van der Waals surface area contributed by atoms with Gasteiger partial charge in [-0.05, 0) is 43.0 Å². The average Bonchev–Trinajstić information content (AvgIpc) is 2.65. The van der Waals surface area contributed by atoms with E-state index >= 15 is 0 Å². The summed E-state index contributed by atoms with van der Waals surface area (Å²) in [5.41, 5.74) is 1.96. The number of hydrogen-bond donors (Lipinski definition) is 1. The van der Waals surface area contributed by atoms with Gasteiger partial charge in [0.15, 0.2) is 0 Å². The lowest BCUT2D eigenvalue weighted by molar-refractivity contribution is 0.244. The Morgan fingerprint density at radius 1 is 0.885 bits per heavy atom. The number of carbonyl (C=O) groups excluding carboxylic acids is 1. The number of para-hydroxylation sites is 2. The van der Waals surface area contributed by atoms with Crippen molar-refractivity contribution < 1.29 is 4.79 Å². The van der Waals surface area contributed by atoms with E-state index in [0.717, 1.165) is 27.7 Å². The molecule has 4 rings (SSSR count). The molecule has 0 bridgehead atoms. The molecule has 136 valence electrons. The molecule has 1 heterocycles. The summed E-state index contributed by atoms with van der Waals surface area (Å²) >= 11 is 1.73. The van der Waals surface area contributed by atoms with Crippen LogP contribution >= 0.6 is 11.8 Å². The van der Waals surface area contributed by atoms with Gasteiger partial charge in [0, 0.05) is 16.3 Å². The number of rotatable bonds is 2. The molecular formula is C22H26N2OS. The number of carbonyl (C=O) groups is 1. The second-order valence-electron chi connectivity index (χ2n) is 7.27. The SMILES string of the molecule is O=C(NCC1CCCCCCC1)N1c2ccccc2Sc2ccccc21. The molecule has 0 saturated heterocycles. The molecule has 3 nitrogen and oxygen atoms in total. The smallest absolute Gasteiger partial charge is 0.326 e. The summed E-state index contributed by atoms with van der Waals surface area (Å²) in [4.78, 5) is 17.2. The molecule has 2 aromatic rings. The lowest BCUT2D eigenvalue weighted by atomic mass is 9.91. The molecule has 0 aromatic heterocycles. The number of nitrogens with zero attached hydrogens (tertiary/aromatic N) is 1. The fraction of sp³-hybridized carbons (Fsp3) is 0.409. The van der Waals surface area contributed by atoms with Gasteiger partial charge in [0.2, 0.25) is 0 Å². The van der Waals surface area contributed by atoms with Gasteiger partial charge in [-0.15, -0.1) is 0 Å². The van der Waals surface area contributed by atoms with Crippen LogP contribution in [0.1, 0.15) is 44.9 Å². The van der Waals surface area contributed by atoms with Gasteiger partial charge < -0.3 is 5.32 Å². The number of anilines is 2. The lowest BCUT2D eigenvalue weighted by Gasteiger charge is -2.31. The van der Waals surface area contributed by atoms with E-state index in [9.17, 15) is 4.79 Å². The first-order chi connectivity index (χ1) is 12.8. The highest BCUT2D eigenvalue weighted by Gasteiger charge is 2.28. The van der Waals surface area contributed by atoms with Gasteiger partial charge in [-0.2, -0.15) is 0 Å². The molecule has 4 heteroatoms. The van der Waals surface area contributed by atoms with E-state index in [1.807, 2.05) is 41.3 Å². The Morgan fingerprint density at radius 3 is 2.04 bits per heavy atom. The van der Waals surface area contributed by atoms with Crippen molar-refractivity contribution in [3.05, 3.63) is 48.5 Å². The van der Waals surface area contributed by atoms with Crippen LogP contribution in [0.3, 0.4) is 0 Å². The van der Waals surface area contributed by atoms with E-state index in [1.165, 1.54) is 44.9 Å². The Labute approximate surface area is 160 Å². The first-order valence-electron chi connectivity index (χ1n) is 9.77. The van der Waals surface area contributed by atoms with Gasteiger partial charge in [0.25, 0.3) is 0 Å². The Morgan fingerprint density at radius 2 is 1.42 bits per heavy atom. The molecule has 0 atom stereocenters. The van der Waals surface area contributed by atoms with Crippen molar-refractivity contribution in [2.45, 2.75) is 54.7 Å².